The number of hydrogen-bond donors (Lipinski definition) is 1. The maximum absolute atomic E-state index is 11.9. The van der Waals surface area contributed by atoms with Crippen LogP contribution in [-0.4, -0.2) is 17.4 Å². The molecule has 1 unspecified atom stereocenters. The molecule has 2 aromatic rings. The van der Waals surface area contributed by atoms with Crippen molar-refractivity contribution in [1.82, 2.24) is 4.90 Å². The van der Waals surface area contributed by atoms with Crippen LogP contribution in [-0.2, 0) is 17.8 Å². The van der Waals surface area contributed by atoms with Crippen molar-refractivity contribution in [2.75, 3.05) is 6.54 Å². The maximum Gasteiger partial charge on any atom is 0.239 e. The first-order valence-corrected chi connectivity index (χ1v) is 6.91. The highest BCUT2D eigenvalue weighted by Gasteiger charge is 2.31. The molecule has 2 N–H and O–H groups in total. The summed E-state index contributed by atoms with van der Waals surface area (Å²) in [5.74, 6) is -0.270. The van der Waals surface area contributed by atoms with Gasteiger partial charge in [-0.05, 0) is 23.1 Å². The van der Waals surface area contributed by atoms with E-state index in [0.29, 0.717) is 0 Å². The van der Waals surface area contributed by atoms with E-state index in [-0.39, 0.29) is 11.9 Å². The minimum atomic E-state index is -0.319. The number of primary amides is 1. The molecule has 2 aromatic carbocycles. The Morgan fingerprint density at radius 3 is 2.55 bits per heavy atom. The van der Waals surface area contributed by atoms with Crippen molar-refractivity contribution in [3.05, 3.63) is 71.3 Å². The van der Waals surface area contributed by atoms with E-state index in [1.807, 2.05) is 36.4 Å². The van der Waals surface area contributed by atoms with Crippen molar-refractivity contribution >= 4 is 5.91 Å². The Morgan fingerprint density at radius 2 is 1.80 bits per heavy atom. The van der Waals surface area contributed by atoms with Gasteiger partial charge in [-0.25, -0.2) is 0 Å². The lowest BCUT2D eigenvalue weighted by atomic mass is 9.92. The van der Waals surface area contributed by atoms with Gasteiger partial charge in [0.1, 0.15) is 6.04 Å². The van der Waals surface area contributed by atoms with Crippen molar-refractivity contribution < 1.29 is 4.79 Å². The van der Waals surface area contributed by atoms with Gasteiger partial charge in [0.2, 0.25) is 5.91 Å². The van der Waals surface area contributed by atoms with Gasteiger partial charge in [0.15, 0.2) is 0 Å². The fraction of sp³-hybridized carbons (Fsp3) is 0.235. The monoisotopic (exact) mass is 266 g/mol. The van der Waals surface area contributed by atoms with Crippen molar-refractivity contribution in [2.24, 2.45) is 5.73 Å². The molecular formula is C17H18N2O. The Hall–Kier alpha value is -2.13. The molecule has 0 fully saturated rings. The third-order valence-corrected chi connectivity index (χ3v) is 3.88. The summed E-state index contributed by atoms with van der Waals surface area (Å²) in [6.45, 7) is 1.61. The van der Waals surface area contributed by atoms with Gasteiger partial charge in [-0.2, -0.15) is 0 Å². The van der Waals surface area contributed by atoms with Crippen LogP contribution >= 0.6 is 0 Å². The molecule has 0 spiro atoms. The van der Waals surface area contributed by atoms with Gasteiger partial charge in [0, 0.05) is 13.1 Å². The average molecular weight is 266 g/mol. The van der Waals surface area contributed by atoms with Crippen LogP contribution in [0, 0.1) is 0 Å². The minimum absolute atomic E-state index is 0.270. The van der Waals surface area contributed by atoms with E-state index in [0.717, 1.165) is 25.1 Å². The summed E-state index contributed by atoms with van der Waals surface area (Å²) < 4.78 is 0. The number of nitrogens with zero attached hydrogens (tertiary/aromatic N) is 1. The van der Waals surface area contributed by atoms with Crippen LogP contribution in [0.1, 0.15) is 22.7 Å². The van der Waals surface area contributed by atoms with E-state index in [4.69, 9.17) is 5.73 Å². The van der Waals surface area contributed by atoms with Gasteiger partial charge in [0.05, 0.1) is 0 Å². The fourth-order valence-corrected chi connectivity index (χ4v) is 2.94. The Kier molecular flexibility index (Phi) is 3.52. The number of amides is 1. The summed E-state index contributed by atoms with van der Waals surface area (Å²) in [6.07, 6.45) is 0.965. The number of benzene rings is 2. The van der Waals surface area contributed by atoms with Crippen molar-refractivity contribution in [1.29, 1.82) is 0 Å². The number of fused-ring (bicyclic) bond motifs is 1. The molecule has 1 aliphatic heterocycles. The molecule has 0 radical (unpaired) electrons. The minimum Gasteiger partial charge on any atom is -0.368 e. The fourth-order valence-electron chi connectivity index (χ4n) is 2.94. The van der Waals surface area contributed by atoms with Gasteiger partial charge < -0.3 is 5.73 Å². The smallest absolute Gasteiger partial charge is 0.239 e. The van der Waals surface area contributed by atoms with Crippen molar-refractivity contribution in [2.45, 2.75) is 19.0 Å². The molecular weight excluding hydrogens is 248 g/mol. The normalized spacial score (nSPS) is 18.5. The topological polar surface area (TPSA) is 46.3 Å². The first-order valence-electron chi connectivity index (χ1n) is 6.91. The molecule has 0 aliphatic carbocycles. The van der Waals surface area contributed by atoms with E-state index < -0.39 is 0 Å². The summed E-state index contributed by atoms with van der Waals surface area (Å²) in [6, 6.07) is 18.0. The number of rotatable bonds is 3. The third kappa shape index (κ3) is 2.45. The second-order valence-electron chi connectivity index (χ2n) is 5.21. The molecule has 3 nitrogen and oxygen atoms in total. The lowest BCUT2D eigenvalue weighted by molar-refractivity contribution is -0.124. The highest BCUT2D eigenvalue weighted by Crippen LogP contribution is 2.30. The van der Waals surface area contributed by atoms with Crippen LogP contribution in [0.3, 0.4) is 0 Å². The zero-order valence-corrected chi connectivity index (χ0v) is 11.3. The highest BCUT2D eigenvalue weighted by atomic mass is 16.1. The number of carbonyl (C=O) groups excluding carboxylic acids is 1. The van der Waals surface area contributed by atoms with E-state index in [1.165, 1.54) is 11.1 Å². The summed E-state index contributed by atoms with van der Waals surface area (Å²) in [4.78, 5) is 14.1. The van der Waals surface area contributed by atoms with Gasteiger partial charge in [-0.3, -0.25) is 9.69 Å². The van der Waals surface area contributed by atoms with Crippen LogP contribution in [0.4, 0.5) is 0 Å². The summed E-state index contributed by atoms with van der Waals surface area (Å²) in [5.41, 5.74) is 9.15. The van der Waals surface area contributed by atoms with E-state index in [2.05, 4.69) is 23.1 Å². The molecule has 3 heteroatoms. The summed E-state index contributed by atoms with van der Waals surface area (Å²) >= 11 is 0. The number of nitrogens with two attached hydrogens (primary N) is 1. The van der Waals surface area contributed by atoms with Gasteiger partial charge >= 0.3 is 0 Å². The molecule has 1 aliphatic rings. The van der Waals surface area contributed by atoms with Gasteiger partial charge in [-0.1, -0.05) is 54.6 Å². The lowest BCUT2D eigenvalue weighted by Crippen LogP contribution is -2.42. The van der Waals surface area contributed by atoms with Crippen molar-refractivity contribution in [3.63, 3.8) is 0 Å². The standard InChI is InChI=1S/C17H18N2O/c18-17(20)16-15-9-5-4-8-14(15)10-11-19(16)12-13-6-2-1-3-7-13/h1-9,16H,10-12H2,(H2,18,20). The Labute approximate surface area is 119 Å². The molecule has 1 heterocycles. The zero-order valence-electron chi connectivity index (χ0n) is 11.3. The van der Waals surface area contributed by atoms with Crippen LogP contribution in [0.2, 0.25) is 0 Å². The molecule has 0 aromatic heterocycles. The molecule has 1 atom stereocenters. The zero-order chi connectivity index (χ0) is 13.9. The van der Waals surface area contributed by atoms with Crippen LogP contribution in [0.15, 0.2) is 54.6 Å². The molecule has 1 amide bonds. The molecule has 0 saturated carbocycles. The predicted molar refractivity (Wildman–Crippen MR) is 78.9 cm³/mol. The third-order valence-electron chi connectivity index (χ3n) is 3.88. The molecule has 3 rings (SSSR count). The van der Waals surface area contributed by atoms with Crippen LogP contribution in [0.25, 0.3) is 0 Å². The average Bonchev–Trinajstić information content (AvgIpc) is 2.47. The van der Waals surface area contributed by atoms with Gasteiger partial charge in [0.25, 0.3) is 0 Å². The first kappa shape index (κ1) is 12.9. The molecule has 102 valence electrons. The van der Waals surface area contributed by atoms with Crippen LogP contribution in [0.5, 0.6) is 0 Å². The van der Waals surface area contributed by atoms with E-state index in [9.17, 15) is 4.79 Å². The summed E-state index contributed by atoms with van der Waals surface area (Å²) in [5, 5.41) is 0. The number of carbonyl (C=O) groups is 1. The first-order chi connectivity index (χ1) is 9.75. The SMILES string of the molecule is NC(=O)C1c2ccccc2CCN1Cc1ccccc1. The molecule has 0 saturated heterocycles. The summed E-state index contributed by atoms with van der Waals surface area (Å²) in [7, 11) is 0. The quantitative estimate of drug-likeness (QED) is 0.926. The Balaban J connectivity index is 1.91. The largest absolute Gasteiger partial charge is 0.368 e. The maximum atomic E-state index is 11.9. The second kappa shape index (κ2) is 5.47. The lowest BCUT2D eigenvalue weighted by Gasteiger charge is -2.35. The number of hydrogen-bond acceptors (Lipinski definition) is 2. The van der Waals surface area contributed by atoms with Crippen molar-refractivity contribution in [3.8, 4) is 0 Å². The van der Waals surface area contributed by atoms with E-state index in [1.54, 1.807) is 0 Å². The Bertz CT molecular complexity index is 609. The second-order valence-corrected chi connectivity index (χ2v) is 5.21. The Morgan fingerprint density at radius 1 is 1.10 bits per heavy atom. The molecule has 20 heavy (non-hydrogen) atoms. The molecule has 0 bridgehead atoms. The van der Waals surface area contributed by atoms with E-state index >= 15 is 0 Å². The van der Waals surface area contributed by atoms with Gasteiger partial charge in [-0.15, -0.1) is 0 Å². The predicted octanol–water partition coefficient (Wildman–Crippen LogP) is 2.27. The highest BCUT2D eigenvalue weighted by molar-refractivity contribution is 5.82. The van der Waals surface area contributed by atoms with Crippen LogP contribution < -0.4 is 5.73 Å².